The van der Waals surface area contributed by atoms with Crippen LogP contribution >= 0.6 is 15.9 Å². The number of rotatable bonds is 2. The van der Waals surface area contributed by atoms with Crippen LogP contribution in [0.5, 0.6) is 0 Å². The van der Waals surface area contributed by atoms with E-state index in [1.807, 2.05) is 24.3 Å². The van der Waals surface area contributed by atoms with Gasteiger partial charge in [0.25, 0.3) is 0 Å². The molecule has 3 rings (SSSR count). The zero-order valence-electron chi connectivity index (χ0n) is 10.1. The molecule has 4 heteroatoms. The summed E-state index contributed by atoms with van der Waals surface area (Å²) in [6.07, 6.45) is 3.39. The van der Waals surface area contributed by atoms with Crippen LogP contribution in [0.1, 0.15) is 24.4 Å². The second kappa shape index (κ2) is 4.86. The summed E-state index contributed by atoms with van der Waals surface area (Å²) in [5.74, 6) is 1.11. The van der Waals surface area contributed by atoms with E-state index in [0.717, 1.165) is 40.2 Å². The molecule has 3 nitrogen and oxygen atoms in total. The fraction of sp³-hybridized carbons (Fsp3) is 0.357. The van der Waals surface area contributed by atoms with E-state index in [1.165, 1.54) is 12.8 Å². The van der Waals surface area contributed by atoms with Crippen molar-refractivity contribution in [1.82, 2.24) is 9.55 Å². The number of imidazole rings is 1. The van der Waals surface area contributed by atoms with Crippen LogP contribution < -0.4 is 0 Å². The number of aliphatic hydroxyl groups is 1. The molecule has 94 valence electrons. The normalized spacial score (nSPS) is 14.6. The number of nitrogens with zero attached hydrogens (tertiary/aromatic N) is 2. The fourth-order valence-electron chi connectivity index (χ4n) is 2.54. The lowest BCUT2D eigenvalue weighted by Gasteiger charge is -2.15. The molecule has 1 aliphatic rings. The lowest BCUT2D eigenvalue weighted by atomic mass is 10.1. The minimum atomic E-state index is 0.0540. The van der Waals surface area contributed by atoms with Gasteiger partial charge in [0.15, 0.2) is 0 Å². The van der Waals surface area contributed by atoms with E-state index < -0.39 is 0 Å². The average Bonchev–Trinajstić information content (AvgIpc) is 2.78. The Morgan fingerprint density at radius 2 is 2.00 bits per heavy atom. The fourth-order valence-corrected chi connectivity index (χ4v) is 2.81. The molecule has 0 bridgehead atoms. The summed E-state index contributed by atoms with van der Waals surface area (Å²) in [6.45, 7) is 1.03. The molecule has 0 saturated heterocycles. The minimum Gasteiger partial charge on any atom is -0.390 e. The van der Waals surface area contributed by atoms with Crippen molar-refractivity contribution in [2.45, 2.75) is 32.4 Å². The molecule has 18 heavy (non-hydrogen) atoms. The van der Waals surface area contributed by atoms with Crippen molar-refractivity contribution in [2.24, 2.45) is 0 Å². The zero-order valence-corrected chi connectivity index (χ0v) is 11.7. The van der Waals surface area contributed by atoms with Crippen molar-refractivity contribution in [3.8, 4) is 11.3 Å². The maximum absolute atomic E-state index is 9.61. The topological polar surface area (TPSA) is 38.1 Å². The van der Waals surface area contributed by atoms with Crippen LogP contribution in [-0.2, 0) is 19.6 Å². The maximum atomic E-state index is 9.61. The Balaban J connectivity index is 2.11. The lowest BCUT2D eigenvalue weighted by Crippen LogP contribution is -2.12. The van der Waals surface area contributed by atoms with Gasteiger partial charge in [-0.05, 0) is 25.0 Å². The van der Waals surface area contributed by atoms with E-state index in [0.29, 0.717) is 0 Å². The molecular weight excluding hydrogens is 292 g/mol. The van der Waals surface area contributed by atoms with E-state index >= 15 is 0 Å². The predicted molar refractivity (Wildman–Crippen MR) is 74.2 cm³/mol. The first-order chi connectivity index (χ1) is 8.79. The second-order valence-corrected chi connectivity index (χ2v) is 5.51. The Kier molecular flexibility index (Phi) is 3.22. The molecule has 0 radical (unpaired) electrons. The highest BCUT2D eigenvalue weighted by atomic mass is 79.9. The molecule has 0 saturated carbocycles. The van der Waals surface area contributed by atoms with Gasteiger partial charge >= 0.3 is 0 Å². The Morgan fingerprint density at radius 3 is 2.72 bits per heavy atom. The van der Waals surface area contributed by atoms with Gasteiger partial charge in [0, 0.05) is 23.0 Å². The number of fused-ring (bicyclic) bond motifs is 1. The number of benzene rings is 1. The van der Waals surface area contributed by atoms with Crippen LogP contribution in [0.3, 0.4) is 0 Å². The molecule has 1 aromatic heterocycles. The molecule has 2 heterocycles. The van der Waals surface area contributed by atoms with Crippen molar-refractivity contribution in [3.05, 3.63) is 40.3 Å². The summed E-state index contributed by atoms with van der Waals surface area (Å²) in [7, 11) is 0. The van der Waals surface area contributed by atoms with Crippen molar-refractivity contribution < 1.29 is 5.11 Å². The third-order valence-electron chi connectivity index (χ3n) is 3.45. The van der Waals surface area contributed by atoms with E-state index in [2.05, 4.69) is 20.5 Å². The Labute approximate surface area is 115 Å². The molecular formula is C14H15BrN2O. The average molecular weight is 307 g/mol. The summed E-state index contributed by atoms with van der Waals surface area (Å²) in [5.41, 5.74) is 2.96. The maximum Gasteiger partial charge on any atom is 0.109 e. The number of halogens is 1. The Hall–Kier alpha value is -1.13. The molecule has 1 N–H and O–H groups in total. The Bertz CT molecular complexity index is 560. The minimum absolute atomic E-state index is 0.0540. The van der Waals surface area contributed by atoms with Gasteiger partial charge < -0.3 is 9.67 Å². The summed E-state index contributed by atoms with van der Waals surface area (Å²) >= 11 is 3.44. The molecule has 0 fully saturated rings. The summed E-state index contributed by atoms with van der Waals surface area (Å²) in [4.78, 5) is 4.71. The molecule has 0 unspecified atom stereocenters. The third kappa shape index (κ3) is 1.99. The van der Waals surface area contributed by atoms with Gasteiger partial charge in [-0.15, -0.1) is 0 Å². The number of aryl methyl sites for hydroxylation is 1. The SMILES string of the molecule is OCc1c(-c2ccc(Br)cc2)nc2n1CCCC2. The van der Waals surface area contributed by atoms with Gasteiger partial charge in [-0.1, -0.05) is 28.1 Å². The van der Waals surface area contributed by atoms with Gasteiger partial charge in [-0.2, -0.15) is 0 Å². The van der Waals surface area contributed by atoms with E-state index in [-0.39, 0.29) is 6.61 Å². The molecule has 0 atom stereocenters. The van der Waals surface area contributed by atoms with Crippen LogP contribution in [0.4, 0.5) is 0 Å². The van der Waals surface area contributed by atoms with Crippen LogP contribution in [0, 0.1) is 0 Å². The largest absolute Gasteiger partial charge is 0.390 e. The molecule has 0 aliphatic carbocycles. The second-order valence-electron chi connectivity index (χ2n) is 4.60. The molecule has 1 aliphatic heterocycles. The van der Waals surface area contributed by atoms with Crippen LogP contribution in [0.25, 0.3) is 11.3 Å². The first-order valence-electron chi connectivity index (χ1n) is 6.24. The number of aliphatic hydroxyl groups excluding tert-OH is 1. The highest BCUT2D eigenvalue weighted by Crippen LogP contribution is 2.28. The molecule has 0 amide bonds. The van der Waals surface area contributed by atoms with Crippen LogP contribution in [0.15, 0.2) is 28.7 Å². The predicted octanol–water partition coefficient (Wildman–Crippen LogP) is 3.14. The number of hydrogen-bond donors (Lipinski definition) is 1. The highest BCUT2D eigenvalue weighted by Gasteiger charge is 2.19. The monoisotopic (exact) mass is 306 g/mol. The lowest BCUT2D eigenvalue weighted by molar-refractivity contribution is 0.268. The summed E-state index contributed by atoms with van der Waals surface area (Å²) < 4.78 is 3.24. The molecule has 1 aromatic carbocycles. The van der Waals surface area contributed by atoms with Crippen molar-refractivity contribution in [2.75, 3.05) is 0 Å². The van der Waals surface area contributed by atoms with Gasteiger partial charge in [-0.25, -0.2) is 4.98 Å². The van der Waals surface area contributed by atoms with Crippen molar-refractivity contribution >= 4 is 15.9 Å². The van der Waals surface area contributed by atoms with Gasteiger partial charge in [0.2, 0.25) is 0 Å². The molecule has 2 aromatic rings. The van der Waals surface area contributed by atoms with Gasteiger partial charge in [0.1, 0.15) is 5.82 Å². The third-order valence-corrected chi connectivity index (χ3v) is 3.98. The standard InChI is InChI=1S/C14H15BrN2O/c15-11-6-4-10(5-7-11)14-12(9-18)17-8-2-1-3-13(17)16-14/h4-7,18H,1-3,8-9H2. The quantitative estimate of drug-likeness (QED) is 0.925. The van der Waals surface area contributed by atoms with Crippen molar-refractivity contribution in [3.63, 3.8) is 0 Å². The van der Waals surface area contributed by atoms with E-state index in [4.69, 9.17) is 4.98 Å². The molecule has 0 spiro atoms. The zero-order chi connectivity index (χ0) is 12.5. The van der Waals surface area contributed by atoms with Gasteiger partial charge in [0.05, 0.1) is 18.0 Å². The number of hydrogen-bond acceptors (Lipinski definition) is 2. The summed E-state index contributed by atoms with van der Waals surface area (Å²) in [6, 6.07) is 8.10. The van der Waals surface area contributed by atoms with Gasteiger partial charge in [-0.3, -0.25) is 0 Å². The Morgan fingerprint density at radius 1 is 1.22 bits per heavy atom. The smallest absolute Gasteiger partial charge is 0.109 e. The van der Waals surface area contributed by atoms with Crippen LogP contribution in [0.2, 0.25) is 0 Å². The highest BCUT2D eigenvalue weighted by molar-refractivity contribution is 9.10. The summed E-state index contributed by atoms with van der Waals surface area (Å²) in [5, 5.41) is 9.61. The van der Waals surface area contributed by atoms with E-state index in [1.54, 1.807) is 0 Å². The van der Waals surface area contributed by atoms with E-state index in [9.17, 15) is 5.11 Å². The first-order valence-corrected chi connectivity index (χ1v) is 7.04. The first kappa shape index (κ1) is 11.9. The van der Waals surface area contributed by atoms with Crippen LogP contribution in [-0.4, -0.2) is 14.7 Å². The van der Waals surface area contributed by atoms with Crippen molar-refractivity contribution in [1.29, 1.82) is 0 Å². The number of aromatic nitrogens is 2.